The Kier molecular flexibility index (Phi) is 3.93. The highest BCUT2D eigenvalue weighted by molar-refractivity contribution is 6.30. The molecule has 0 fully saturated rings. The average molecular weight is 353 g/mol. The Balaban J connectivity index is 1.56. The molecule has 0 bridgehead atoms. The third-order valence-electron chi connectivity index (χ3n) is 4.41. The van der Waals surface area contributed by atoms with Crippen molar-refractivity contribution in [1.82, 2.24) is 9.55 Å². The number of fused-ring (bicyclic) bond motifs is 1. The van der Waals surface area contributed by atoms with Crippen molar-refractivity contribution in [3.63, 3.8) is 0 Å². The molecule has 3 aromatic rings. The number of imidazole rings is 1. The zero-order valence-corrected chi connectivity index (χ0v) is 14.5. The molecule has 0 spiro atoms. The molecule has 2 aromatic carbocycles. The first kappa shape index (κ1) is 15.7. The van der Waals surface area contributed by atoms with Gasteiger partial charge in [0.1, 0.15) is 0 Å². The Hall–Kier alpha value is -2.79. The topological polar surface area (TPSA) is 50.2 Å². The molecule has 25 heavy (non-hydrogen) atoms. The summed E-state index contributed by atoms with van der Waals surface area (Å²) in [5, 5.41) is 3.68. The van der Waals surface area contributed by atoms with Gasteiger partial charge in [-0.15, -0.1) is 0 Å². The van der Waals surface area contributed by atoms with Crippen molar-refractivity contribution in [2.45, 2.75) is 6.42 Å². The highest BCUT2D eigenvalue weighted by atomic mass is 35.5. The second-order valence-corrected chi connectivity index (χ2v) is 6.51. The lowest BCUT2D eigenvalue weighted by molar-refractivity contribution is 0.257. The van der Waals surface area contributed by atoms with Crippen molar-refractivity contribution >= 4 is 29.0 Å². The van der Waals surface area contributed by atoms with Crippen molar-refractivity contribution in [3.05, 3.63) is 65.6 Å². The lowest BCUT2D eigenvalue weighted by atomic mass is 10.1. The Morgan fingerprint density at radius 1 is 1.24 bits per heavy atom. The minimum atomic E-state index is -0.136. The first-order valence-corrected chi connectivity index (χ1v) is 8.43. The number of carbonyl (C=O) groups excluding carboxylic acids is 1. The molecule has 2 amide bonds. The van der Waals surface area contributed by atoms with Crippen LogP contribution >= 0.6 is 11.6 Å². The van der Waals surface area contributed by atoms with Crippen LogP contribution < -0.4 is 10.2 Å². The second-order valence-electron chi connectivity index (χ2n) is 6.08. The highest BCUT2D eigenvalue weighted by Gasteiger charge is 2.24. The maximum atomic E-state index is 12.7. The van der Waals surface area contributed by atoms with Crippen LogP contribution in [0.1, 0.15) is 5.56 Å². The molecule has 0 radical (unpaired) electrons. The number of hydrogen-bond acceptors (Lipinski definition) is 2. The lowest BCUT2D eigenvalue weighted by Crippen LogP contribution is -2.33. The first-order valence-electron chi connectivity index (χ1n) is 8.05. The summed E-state index contributed by atoms with van der Waals surface area (Å²) in [6.45, 7) is 0.656. The zero-order valence-electron chi connectivity index (χ0n) is 13.7. The van der Waals surface area contributed by atoms with E-state index in [0.29, 0.717) is 11.6 Å². The average Bonchev–Trinajstić information content (AvgIpc) is 3.20. The number of aryl methyl sites for hydroxylation is 1. The number of halogens is 1. The Morgan fingerprint density at radius 3 is 2.92 bits per heavy atom. The zero-order chi connectivity index (χ0) is 17.4. The predicted octanol–water partition coefficient (Wildman–Crippen LogP) is 4.34. The Morgan fingerprint density at radius 2 is 2.12 bits per heavy atom. The Bertz CT molecular complexity index is 950. The molecule has 126 valence electrons. The number of anilines is 2. The van der Waals surface area contributed by atoms with E-state index in [4.69, 9.17) is 11.6 Å². The van der Waals surface area contributed by atoms with Crippen LogP contribution in [0.3, 0.4) is 0 Å². The molecule has 4 rings (SSSR count). The van der Waals surface area contributed by atoms with Crippen LogP contribution in [0.25, 0.3) is 11.3 Å². The summed E-state index contributed by atoms with van der Waals surface area (Å²) < 4.78 is 1.95. The van der Waals surface area contributed by atoms with Gasteiger partial charge >= 0.3 is 6.03 Å². The summed E-state index contributed by atoms with van der Waals surface area (Å²) in [6.07, 6.45) is 4.38. The summed E-state index contributed by atoms with van der Waals surface area (Å²) >= 11 is 6.03. The van der Waals surface area contributed by atoms with Gasteiger partial charge in [0, 0.05) is 35.6 Å². The largest absolute Gasteiger partial charge is 0.334 e. The summed E-state index contributed by atoms with van der Waals surface area (Å²) in [5.74, 6) is 0. The van der Waals surface area contributed by atoms with Gasteiger partial charge in [0.05, 0.1) is 18.2 Å². The molecule has 1 aliphatic heterocycles. The second kappa shape index (κ2) is 6.26. The molecule has 0 atom stereocenters. The molecule has 0 aliphatic carbocycles. The van der Waals surface area contributed by atoms with Crippen LogP contribution in [0.15, 0.2) is 55.0 Å². The van der Waals surface area contributed by atoms with Crippen molar-refractivity contribution < 1.29 is 4.79 Å². The summed E-state index contributed by atoms with van der Waals surface area (Å²) in [7, 11) is 1.94. The molecule has 1 N–H and O–H groups in total. The van der Waals surface area contributed by atoms with E-state index in [1.165, 1.54) is 0 Å². The van der Waals surface area contributed by atoms with E-state index in [1.54, 1.807) is 17.4 Å². The lowest BCUT2D eigenvalue weighted by Gasteiger charge is -2.18. The van der Waals surface area contributed by atoms with Gasteiger partial charge in [0.15, 0.2) is 0 Å². The van der Waals surface area contributed by atoms with Gasteiger partial charge in [0.25, 0.3) is 0 Å². The monoisotopic (exact) mass is 352 g/mol. The van der Waals surface area contributed by atoms with E-state index in [0.717, 1.165) is 34.6 Å². The minimum Gasteiger partial charge on any atom is -0.334 e. The van der Waals surface area contributed by atoms with Crippen molar-refractivity contribution in [1.29, 1.82) is 0 Å². The number of hydrogen-bond donors (Lipinski definition) is 1. The number of amides is 2. The first-order chi connectivity index (χ1) is 12.1. The Labute approximate surface area is 150 Å². The molecule has 5 nitrogen and oxygen atoms in total. The molecule has 0 saturated carbocycles. The van der Waals surface area contributed by atoms with Gasteiger partial charge in [-0.1, -0.05) is 23.7 Å². The number of nitrogens with zero attached hydrogens (tertiary/aromatic N) is 3. The van der Waals surface area contributed by atoms with Gasteiger partial charge in [-0.25, -0.2) is 9.78 Å². The van der Waals surface area contributed by atoms with E-state index in [9.17, 15) is 4.79 Å². The quantitative estimate of drug-likeness (QED) is 0.746. The molecule has 0 unspecified atom stereocenters. The molecule has 1 aromatic heterocycles. The molecule has 1 aliphatic rings. The van der Waals surface area contributed by atoms with Gasteiger partial charge in [-0.05, 0) is 42.3 Å². The summed E-state index contributed by atoms with van der Waals surface area (Å²) in [5.41, 5.74) is 4.78. The van der Waals surface area contributed by atoms with Crippen molar-refractivity contribution in [2.24, 2.45) is 7.05 Å². The van der Waals surface area contributed by atoms with Crippen LogP contribution in [-0.2, 0) is 13.5 Å². The predicted molar refractivity (Wildman–Crippen MR) is 100 cm³/mol. The van der Waals surface area contributed by atoms with Crippen LogP contribution in [-0.4, -0.2) is 22.1 Å². The maximum Gasteiger partial charge on any atom is 0.326 e. The molecule has 0 saturated heterocycles. The number of aromatic nitrogens is 2. The van der Waals surface area contributed by atoms with Gasteiger partial charge in [-0.2, -0.15) is 0 Å². The number of benzene rings is 2. The van der Waals surface area contributed by atoms with Crippen LogP contribution in [0.4, 0.5) is 16.2 Å². The highest BCUT2D eigenvalue weighted by Crippen LogP contribution is 2.31. The fraction of sp³-hybridized carbons (Fsp3) is 0.158. The van der Waals surface area contributed by atoms with E-state index in [2.05, 4.69) is 10.3 Å². The van der Waals surface area contributed by atoms with Crippen LogP contribution in [0.5, 0.6) is 0 Å². The maximum absolute atomic E-state index is 12.7. The van der Waals surface area contributed by atoms with Crippen LogP contribution in [0.2, 0.25) is 5.02 Å². The fourth-order valence-corrected chi connectivity index (χ4v) is 3.36. The van der Waals surface area contributed by atoms with E-state index < -0.39 is 0 Å². The minimum absolute atomic E-state index is 0.136. The number of rotatable bonds is 2. The van der Waals surface area contributed by atoms with E-state index in [-0.39, 0.29) is 6.03 Å². The smallest absolute Gasteiger partial charge is 0.326 e. The third kappa shape index (κ3) is 2.98. The standard InChI is InChI=1S/C19H17ClN4O/c1-23-12-21-11-18(23)13-3-2-4-16(10-13)22-19(25)24-8-7-14-9-15(20)5-6-17(14)24/h2-6,9-12H,7-8H2,1H3,(H,22,25). The molecular formula is C19H17ClN4O. The third-order valence-corrected chi connectivity index (χ3v) is 4.64. The van der Waals surface area contributed by atoms with Crippen LogP contribution in [0, 0.1) is 0 Å². The van der Waals surface area contributed by atoms with E-state index in [1.807, 2.05) is 54.1 Å². The fourth-order valence-electron chi connectivity index (χ4n) is 3.16. The number of carbonyl (C=O) groups is 1. The molecule has 2 heterocycles. The van der Waals surface area contributed by atoms with E-state index >= 15 is 0 Å². The number of urea groups is 1. The van der Waals surface area contributed by atoms with Crippen molar-refractivity contribution in [3.8, 4) is 11.3 Å². The summed E-state index contributed by atoms with van der Waals surface area (Å²) in [4.78, 5) is 18.6. The van der Waals surface area contributed by atoms with Gasteiger partial charge < -0.3 is 9.88 Å². The molecular weight excluding hydrogens is 336 g/mol. The number of nitrogens with one attached hydrogen (secondary N) is 1. The van der Waals surface area contributed by atoms with Crippen molar-refractivity contribution in [2.75, 3.05) is 16.8 Å². The summed E-state index contributed by atoms with van der Waals surface area (Å²) in [6, 6.07) is 13.3. The van der Waals surface area contributed by atoms with Gasteiger partial charge in [-0.3, -0.25) is 4.90 Å². The SMILES string of the molecule is Cn1cncc1-c1cccc(NC(=O)N2CCc3cc(Cl)ccc32)c1. The molecule has 6 heteroatoms. The van der Waals surface area contributed by atoms with Gasteiger partial charge in [0.2, 0.25) is 0 Å². The normalized spacial score (nSPS) is 13.0.